The lowest BCUT2D eigenvalue weighted by Crippen LogP contribution is -2.44. The quantitative estimate of drug-likeness (QED) is 0.703. The molecule has 8 nitrogen and oxygen atoms in total. The van der Waals surface area contributed by atoms with E-state index in [0.29, 0.717) is 5.91 Å². The molecule has 3 aromatic heterocycles. The van der Waals surface area contributed by atoms with Crippen LogP contribution in [-0.4, -0.2) is 61.7 Å². The Labute approximate surface area is 176 Å². The van der Waals surface area contributed by atoms with E-state index in [4.69, 9.17) is 9.97 Å². The molecular weight excluding hydrogens is 378 g/mol. The lowest BCUT2D eigenvalue weighted by Gasteiger charge is -2.34. The van der Waals surface area contributed by atoms with Gasteiger partial charge in [0.2, 0.25) is 5.91 Å². The van der Waals surface area contributed by atoms with Crippen molar-refractivity contribution in [2.75, 3.05) is 31.1 Å². The number of hydrogen-bond donors (Lipinski definition) is 1. The van der Waals surface area contributed by atoms with Gasteiger partial charge in [0, 0.05) is 38.6 Å². The van der Waals surface area contributed by atoms with Crippen LogP contribution in [-0.2, 0) is 4.79 Å². The van der Waals surface area contributed by atoms with E-state index in [2.05, 4.69) is 28.0 Å². The third-order valence-corrected chi connectivity index (χ3v) is 6.41. The molecular formula is C22H29N7O. The molecule has 0 aliphatic carbocycles. The van der Waals surface area contributed by atoms with Gasteiger partial charge in [-0.15, -0.1) is 0 Å². The molecule has 30 heavy (non-hydrogen) atoms. The van der Waals surface area contributed by atoms with Crippen LogP contribution in [0.15, 0.2) is 30.6 Å². The number of carbonyl (C=O) groups is 1. The normalized spacial score (nSPS) is 20.8. The zero-order valence-corrected chi connectivity index (χ0v) is 17.5. The molecule has 5 heterocycles. The topological polar surface area (TPSA) is 82.9 Å². The molecule has 1 amide bonds. The molecule has 2 fully saturated rings. The van der Waals surface area contributed by atoms with Crippen molar-refractivity contribution in [2.45, 2.75) is 45.1 Å². The molecule has 2 atom stereocenters. The zero-order valence-electron chi connectivity index (χ0n) is 17.5. The van der Waals surface area contributed by atoms with Gasteiger partial charge in [0.1, 0.15) is 17.7 Å². The standard InChI is InChI=1S/C22H29N7O/c1-2-18(29-14-6-10-23-29)21-24-17-8-9-19(25-20(17)26-21)28-13-5-7-16(15-28)22(30)27-11-3-4-12-27/h6,8-10,14,16,18H,2-5,7,11-13,15H2,1H3,(H,24,25,26)/t16-,18?/m1/s1. The largest absolute Gasteiger partial charge is 0.356 e. The van der Waals surface area contributed by atoms with E-state index in [1.54, 1.807) is 6.20 Å². The van der Waals surface area contributed by atoms with Gasteiger partial charge < -0.3 is 14.8 Å². The number of likely N-dealkylation sites (tertiary alicyclic amines) is 1. The predicted octanol–water partition coefficient (Wildman–Crippen LogP) is 2.99. The average Bonchev–Trinajstić information content (AvgIpc) is 3.55. The van der Waals surface area contributed by atoms with Gasteiger partial charge in [-0.05, 0) is 50.3 Å². The molecule has 8 heteroatoms. The number of imidazole rings is 1. The predicted molar refractivity (Wildman–Crippen MR) is 115 cm³/mol. The van der Waals surface area contributed by atoms with Crippen molar-refractivity contribution >= 4 is 22.9 Å². The van der Waals surface area contributed by atoms with Gasteiger partial charge >= 0.3 is 0 Å². The Morgan fingerprint density at radius 2 is 2.07 bits per heavy atom. The monoisotopic (exact) mass is 407 g/mol. The van der Waals surface area contributed by atoms with Gasteiger partial charge in [0.05, 0.1) is 11.4 Å². The molecule has 0 aromatic carbocycles. The van der Waals surface area contributed by atoms with E-state index >= 15 is 0 Å². The first-order chi connectivity index (χ1) is 14.7. The first-order valence-electron chi connectivity index (χ1n) is 11.1. The van der Waals surface area contributed by atoms with Crippen molar-refractivity contribution < 1.29 is 4.79 Å². The molecule has 0 saturated carbocycles. The van der Waals surface area contributed by atoms with Crippen LogP contribution in [0.1, 0.15) is 50.9 Å². The third kappa shape index (κ3) is 3.55. The van der Waals surface area contributed by atoms with Crippen LogP contribution in [0.5, 0.6) is 0 Å². The molecule has 0 bridgehead atoms. The Hall–Kier alpha value is -2.90. The van der Waals surface area contributed by atoms with Crippen molar-refractivity contribution in [1.82, 2.24) is 29.6 Å². The number of nitrogens with one attached hydrogen (secondary N) is 1. The molecule has 0 radical (unpaired) electrons. The number of fused-ring (bicyclic) bond motifs is 1. The van der Waals surface area contributed by atoms with E-state index in [9.17, 15) is 4.79 Å². The lowest BCUT2D eigenvalue weighted by molar-refractivity contribution is -0.134. The van der Waals surface area contributed by atoms with Crippen LogP contribution < -0.4 is 4.90 Å². The Balaban J connectivity index is 1.36. The SMILES string of the molecule is CCC(c1nc2nc(N3CCC[C@@H](C(=O)N4CCCC4)C3)ccc2[nH]1)n1cccn1. The van der Waals surface area contributed by atoms with E-state index in [1.165, 1.54) is 0 Å². The smallest absolute Gasteiger partial charge is 0.227 e. The minimum atomic E-state index is 0.0649. The summed E-state index contributed by atoms with van der Waals surface area (Å²) >= 11 is 0. The van der Waals surface area contributed by atoms with Crippen molar-refractivity contribution in [2.24, 2.45) is 5.92 Å². The van der Waals surface area contributed by atoms with Gasteiger partial charge in [0.25, 0.3) is 0 Å². The first-order valence-corrected chi connectivity index (χ1v) is 11.1. The third-order valence-electron chi connectivity index (χ3n) is 6.41. The number of anilines is 1. The maximum Gasteiger partial charge on any atom is 0.227 e. The van der Waals surface area contributed by atoms with Crippen LogP contribution in [0, 0.1) is 5.92 Å². The summed E-state index contributed by atoms with van der Waals surface area (Å²) in [6.07, 6.45) is 8.91. The summed E-state index contributed by atoms with van der Waals surface area (Å²) in [4.78, 5) is 30.2. The lowest BCUT2D eigenvalue weighted by atomic mass is 9.96. The number of piperidine rings is 1. The average molecular weight is 408 g/mol. The fourth-order valence-corrected chi connectivity index (χ4v) is 4.79. The van der Waals surface area contributed by atoms with Crippen LogP contribution in [0.25, 0.3) is 11.2 Å². The second kappa shape index (κ2) is 8.08. The molecule has 2 aliphatic rings. The Bertz CT molecular complexity index is 1010. The number of carbonyl (C=O) groups excluding carboxylic acids is 1. The summed E-state index contributed by atoms with van der Waals surface area (Å²) < 4.78 is 1.93. The molecule has 1 unspecified atom stereocenters. The number of aromatic amines is 1. The number of hydrogen-bond acceptors (Lipinski definition) is 5. The maximum atomic E-state index is 12.9. The number of nitrogens with zero attached hydrogens (tertiary/aromatic N) is 6. The molecule has 3 aromatic rings. The zero-order chi connectivity index (χ0) is 20.5. The summed E-state index contributed by atoms with van der Waals surface area (Å²) in [7, 11) is 0. The second-order valence-electron chi connectivity index (χ2n) is 8.39. The van der Waals surface area contributed by atoms with Crippen LogP contribution >= 0.6 is 0 Å². The minimum absolute atomic E-state index is 0.0649. The Kier molecular flexibility index (Phi) is 5.14. The van der Waals surface area contributed by atoms with Crippen LogP contribution in [0.4, 0.5) is 5.82 Å². The van der Waals surface area contributed by atoms with Crippen molar-refractivity contribution in [3.05, 3.63) is 36.4 Å². The van der Waals surface area contributed by atoms with Crippen molar-refractivity contribution in [3.8, 4) is 0 Å². The highest BCUT2D eigenvalue weighted by Gasteiger charge is 2.31. The van der Waals surface area contributed by atoms with Gasteiger partial charge in [-0.3, -0.25) is 9.48 Å². The minimum Gasteiger partial charge on any atom is -0.356 e. The highest BCUT2D eigenvalue weighted by molar-refractivity contribution is 5.80. The Morgan fingerprint density at radius 1 is 1.20 bits per heavy atom. The van der Waals surface area contributed by atoms with Crippen LogP contribution in [0.3, 0.4) is 0 Å². The number of amides is 1. The maximum absolute atomic E-state index is 12.9. The fourth-order valence-electron chi connectivity index (χ4n) is 4.79. The summed E-state index contributed by atoms with van der Waals surface area (Å²) in [5.74, 6) is 2.19. The first kappa shape index (κ1) is 19.1. The molecule has 2 aliphatic heterocycles. The highest BCUT2D eigenvalue weighted by atomic mass is 16.2. The Morgan fingerprint density at radius 3 is 2.83 bits per heavy atom. The van der Waals surface area contributed by atoms with E-state index in [0.717, 1.165) is 81.1 Å². The number of rotatable bonds is 5. The molecule has 2 saturated heterocycles. The number of aromatic nitrogens is 5. The van der Waals surface area contributed by atoms with E-state index in [-0.39, 0.29) is 12.0 Å². The van der Waals surface area contributed by atoms with E-state index < -0.39 is 0 Å². The second-order valence-corrected chi connectivity index (χ2v) is 8.39. The van der Waals surface area contributed by atoms with Gasteiger partial charge in [0.15, 0.2) is 5.65 Å². The van der Waals surface area contributed by atoms with Gasteiger partial charge in [-0.2, -0.15) is 5.10 Å². The molecule has 0 spiro atoms. The van der Waals surface area contributed by atoms with Crippen molar-refractivity contribution in [3.63, 3.8) is 0 Å². The summed E-state index contributed by atoms with van der Waals surface area (Å²) in [5.41, 5.74) is 1.65. The van der Waals surface area contributed by atoms with Gasteiger partial charge in [-0.25, -0.2) is 9.97 Å². The summed E-state index contributed by atoms with van der Waals surface area (Å²) in [6, 6.07) is 6.09. The van der Waals surface area contributed by atoms with Crippen molar-refractivity contribution in [1.29, 1.82) is 0 Å². The molecule has 158 valence electrons. The fraction of sp³-hybridized carbons (Fsp3) is 0.545. The van der Waals surface area contributed by atoms with Gasteiger partial charge in [-0.1, -0.05) is 6.92 Å². The summed E-state index contributed by atoms with van der Waals surface area (Å²) in [6.45, 7) is 5.65. The molecule has 5 rings (SSSR count). The molecule has 1 N–H and O–H groups in total. The summed E-state index contributed by atoms with van der Waals surface area (Å²) in [5, 5.41) is 4.37. The van der Waals surface area contributed by atoms with E-state index in [1.807, 2.05) is 27.9 Å². The number of pyridine rings is 1. The van der Waals surface area contributed by atoms with Crippen LogP contribution in [0.2, 0.25) is 0 Å². The highest BCUT2D eigenvalue weighted by Crippen LogP contribution is 2.27. The number of H-pyrrole nitrogens is 1.